The predicted octanol–water partition coefficient (Wildman–Crippen LogP) is 4.15. The molecular formula is C24H31NO4. The highest BCUT2D eigenvalue weighted by Gasteiger charge is 2.24. The highest BCUT2D eigenvalue weighted by molar-refractivity contribution is 5.67. The number of para-hydroxylation sites is 1. The lowest BCUT2D eigenvalue weighted by atomic mass is 10.0. The monoisotopic (exact) mass is 397 g/mol. The molecule has 156 valence electrons. The Morgan fingerprint density at radius 3 is 2.45 bits per heavy atom. The minimum Gasteiger partial charge on any atom is -0.493 e. The lowest BCUT2D eigenvalue weighted by Crippen LogP contribution is -2.37. The van der Waals surface area contributed by atoms with Crippen LogP contribution in [0.1, 0.15) is 36.8 Å². The molecular weight excluding hydrogens is 366 g/mol. The number of aliphatic carboxylic acids is 1. The van der Waals surface area contributed by atoms with Gasteiger partial charge in [0.25, 0.3) is 0 Å². The first-order valence-electron chi connectivity index (χ1n) is 10.5. The van der Waals surface area contributed by atoms with Crippen LogP contribution in [0.15, 0.2) is 54.6 Å². The first-order chi connectivity index (χ1) is 14.2. The standard InChI is InChI=1S/C24H31NO4/c26-24(27)19-23(25-15-6-7-16-25)29-18-8-17-28-22-12-5-4-11-21(22)14-13-20-9-2-1-3-10-20/h1-5,9-12,23H,6-8,13-19H2,(H,26,27). The van der Waals surface area contributed by atoms with Crippen LogP contribution in [-0.2, 0) is 22.4 Å². The van der Waals surface area contributed by atoms with Crippen LogP contribution in [0.2, 0.25) is 0 Å². The van der Waals surface area contributed by atoms with E-state index in [1.54, 1.807) is 0 Å². The number of ether oxygens (including phenoxy) is 2. The topological polar surface area (TPSA) is 59.0 Å². The first-order valence-corrected chi connectivity index (χ1v) is 10.5. The molecule has 1 aliphatic heterocycles. The summed E-state index contributed by atoms with van der Waals surface area (Å²) in [4.78, 5) is 13.2. The van der Waals surface area contributed by atoms with Gasteiger partial charge in [-0.2, -0.15) is 0 Å². The molecule has 0 amide bonds. The van der Waals surface area contributed by atoms with Gasteiger partial charge in [-0.1, -0.05) is 48.5 Å². The maximum atomic E-state index is 11.1. The van der Waals surface area contributed by atoms with Crippen molar-refractivity contribution in [1.82, 2.24) is 4.90 Å². The maximum Gasteiger partial charge on any atom is 0.307 e. The molecule has 29 heavy (non-hydrogen) atoms. The SMILES string of the molecule is O=C(O)CC(OCCCOc1ccccc1CCc1ccccc1)N1CCCC1. The van der Waals surface area contributed by atoms with E-state index in [4.69, 9.17) is 14.6 Å². The molecule has 1 aliphatic rings. The van der Waals surface area contributed by atoms with E-state index in [1.165, 1.54) is 11.1 Å². The van der Waals surface area contributed by atoms with Crippen LogP contribution in [0.25, 0.3) is 0 Å². The number of carboxylic acids is 1. The molecule has 5 nitrogen and oxygen atoms in total. The largest absolute Gasteiger partial charge is 0.493 e. The molecule has 1 atom stereocenters. The smallest absolute Gasteiger partial charge is 0.307 e. The Kier molecular flexibility index (Phi) is 8.53. The van der Waals surface area contributed by atoms with Gasteiger partial charge in [-0.3, -0.25) is 9.69 Å². The minimum absolute atomic E-state index is 0.0309. The molecule has 0 spiro atoms. The zero-order valence-electron chi connectivity index (χ0n) is 17.0. The Morgan fingerprint density at radius 2 is 1.69 bits per heavy atom. The van der Waals surface area contributed by atoms with E-state index in [1.807, 2.05) is 24.3 Å². The van der Waals surface area contributed by atoms with Gasteiger partial charge in [0, 0.05) is 19.5 Å². The van der Waals surface area contributed by atoms with Gasteiger partial charge in [0.15, 0.2) is 0 Å². The van der Waals surface area contributed by atoms with Crippen molar-refractivity contribution < 1.29 is 19.4 Å². The molecule has 1 unspecified atom stereocenters. The van der Waals surface area contributed by atoms with Crippen LogP contribution in [0.5, 0.6) is 5.75 Å². The number of hydrogen-bond acceptors (Lipinski definition) is 4. The Balaban J connectivity index is 1.42. The average molecular weight is 398 g/mol. The zero-order valence-corrected chi connectivity index (χ0v) is 17.0. The van der Waals surface area contributed by atoms with Crippen molar-refractivity contribution in [3.8, 4) is 5.75 Å². The Hall–Kier alpha value is -2.37. The van der Waals surface area contributed by atoms with Crippen LogP contribution in [0.4, 0.5) is 0 Å². The molecule has 1 N–H and O–H groups in total. The lowest BCUT2D eigenvalue weighted by Gasteiger charge is -2.26. The van der Waals surface area contributed by atoms with Gasteiger partial charge in [-0.15, -0.1) is 0 Å². The van der Waals surface area contributed by atoms with Crippen LogP contribution in [0, 0.1) is 0 Å². The van der Waals surface area contributed by atoms with Gasteiger partial charge in [-0.25, -0.2) is 0 Å². The van der Waals surface area contributed by atoms with Crippen LogP contribution < -0.4 is 4.74 Å². The molecule has 3 rings (SSSR count). The summed E-state index contributed by atoms with van der Waals surface area (Å²) < 4.78 is 11.9. The molecule has 1 fully saturated rings. The van der Waals surface area contributed by atoms with Crippen molar-refractivity contribution in [1.29, 1.82) is 0 Å². The van der Waals surface area contributed by atoms with Crippen molar-refractivity contribution in [3.05, 3.63) is 65.7 Å². The van der Waals surface area contributed by atoms with Crippen molar-refractivity contribution >= 4 is 5.97 Å². The molecule has 0 aliphatic carbocycles. The van der Waals surface area contributed by atoms with E-state index in [9.17, 15) is 4.79 Å². The first kappa shape index (κ1) is 21.3. The minimum atomic E-state index is -0.814. The number of aryl methyl sites for hydroxylation is 2. The van der Waals surface area contributed by atoms with Gasteiger partial charge >= 0.3 is 5.97 Å². The van der Waals surface area contributed by atoms with E-state index >= 15 is 0 Å². The fourth-order valence-electron chi connectivity index (χ4n) is 3.71. The summed E-state index contributed by atoms with van der Waals surface area (Å²) in [5.41, 5.74) is 2.53. The van der Waals surface area contributed by atoms with Crippen molar-refractivity contribution in [2.24, 2.45) is 0 Å². The molecule has 0 radical (unpaired) electrons. The number of carbonyl (C=O) groups is 1. The number of nitrogens with zero attached hydrogens (tertiary/aromatic N) is 1. The Morgan fingerprint density at radius 1 is 0.966 bits per heavy atom. The van der Waals surface area contributed by atoms with E-state index < -0.39 is 5.97 Å². The Bertz CT molecular complexity index is 744. The number of hydrogen-bond donors (Lipinski definition) is 1. The molecule has 0 bridgehead atoms. The van der Waals surface area contributed by atoms with Gasteiger partial charge in [0.2, 0.25) is 0 Å². The number of benzene rings is 2. The van der Waals surface area contributed by atoms with Crippen LogP contribution in [0.3, 0.4) is 0 Å². The summed E-state index contributed by atoms with van der Waals surface area (Å²) in [5, 5.41) is 9.13. The predicted molar refractivity (Wildman–Crippen MR) is 113 cm³/mol. The zero-order chi connectivity index (χ0) is 20.3. The third-order valence-corrected chi connectivity index (χ3v) is 5.25. The van der Waals surface area contributed by atoms with Crippen LogP contribution in [-0.4, -0.2) is 48.5 Å². The third kappa shape index (κ3) is 7.18. The summed E-state index contributed by atoms with van der Waals surface area (Å²) in [6.45, 7) is 2.90. The quantitative estimate of drug-likeness (QED) is 0.545. The van der Waals surface area contributed by atoms with Gasteiger partial charge < -0.3 is 14.6 Å². The molecule has 1 saturated heterocycles. The van der Waals surface area contributed by atoms with Gasteiger partial charge in [0.1, 0.15) is 12.0 Å². The molecule has 2 aromatic rings. The van der Waals surface area contributed by atoms with E-state index in [0.29, 0.717) is 13.2 Å². The van der Waals surface area contributed by atoms with Gasteiger partial charge in [-0.05, 0) is 42.9 Å². The van der Waals surface area contributed by atoms with E-state index in [-0.39, 0.29) is 12.6 Å². The Labute approximate surface area is 173 Å². The second kappa shape index (κ2) is 11.6. The summed E-state index contributed by atoms with van der Waals surface area (Å²) in [5.74, 6) is 0.107. The van der Waals surface area contributed by atoms with Crippen molar-refractivity contribution in [2.75, 3.05) is 26.3 Å². The fraction of sp³-hybridized carbons (Fsp3) is 0.458. The number of rotatable bonds is 12. The number of carboxylic acid groups (broad SMARTS) is 1. The van der Waals surface area contributed by atoms with Crippen LogP contribution >= 0.6 is 0 Å². The maximum absolute atomic E-state index is 11.1. The highest BCUT2D eigenvalue weighted by Crippen LogP contribution is 2.21. The fourth-order valence-corrected chi connectivity index (χ4v) is 3.71. The summed E-state index contributed by atoms with van der Waals surface area (Å²) >= 11 is 0. The summed E-state index contributed by atoms with van der Waals surface area (Å²) in [6.07, 6.45) is 4.59. The molecule has 0 aromatic heterocycles. The summed E-state index contributed by atoms with van der Waals surface area (Å²) in [6, 6.07) is 18.6. The third-order valence-electron chi connectivity index (χ3n) is 5.25. The second-order valence-corrected chi connectivity index (χ2v) is 7.46. The molecule has 2 aromatic carbocycles. The van der Waals surface area contributed by atoms with E-state index in [0.717, 1.165) is 50.9 Å². The number of likely N-dealkylation sites (tertiary alicyclic amines) is 1. The van der Waals surface area contributed by atoms with Crippen molar-refractivity contribution in [3.63, 3.8) is 0 Å². The van der Waals surface area contributed by atoms with Gasteiger partial charge in [0.05, 0.1) is 19.6 Å². The molecule has 1 heterocycles. The normalized spacial score (nSPS) is 15.3. The van der Waals surface area contributed by atoms with E-state index in [2.05, 4.69) is 35.2 Å². The lowest BCUT2D eigenvalue weighted by molar-refractivity contribution is -0.145. The highest BCUT2D eigenvalue weighted by atomic mass is 16.5. The molecule has 0 saturated carbocycles. The average Bonchev–Trinajstić information content (AvgIpc) is 3.27. The summed E-state index contributed by atoms with van der Waals surface area (Å²) in [7, 11) is 0. The van der Waals surface area contributed by atoms with Crippen molar-refractivity contribution in [2.45, 2.75) is 44.8 Å². The molecule has 5 heteroatoms. The second-order valence-electron chi connectivity index (χ2n) is 7.46.